The zero-order valence-electron chi connectivity index (χ0n) is 14.8. The maximum Gasteiger partial charge on any atom is 0.330 e. The van der Waals surface area contributed by atoms with E-state index in [1.54, 1.807) is 0 Å². The van der Waals surface area contributed by atoms with Crippen molar-refractivity contribution in [1.29, 1.82) is 0 Å². The zero-order valence-corrected chi connectivity index (χ0v) is 14.8. The Labute approximate surface area is 137 Å². The maximum absolute atomic E-state index is 10.8. The third-order valence-corrected chi connectivity index (χ3v) is 3.86. The molecule has 1 atom stereocenters. The van der Waals surface area contributed by atoms with E-state index in [4.69, 9.17) is 9.47 Å². The van der Waals surface area contributed by atoms with E-state index >= 15 is 0 Å². The van der Waals surface area contributed by atoms with E-state index in [1.807, 2.05) is 0 Å². The van der Waals surface area contributed by atoms with Gasteiger partial charge in [0.05, 0.1) is 12.7 Å². The van der Waals surface area contributed by atoms with Gasteiger partial charge in [0.2, 0.25) is 0 Å². The fraction of sp³-hybridized carbons (Fsp3) is 0.842. The van der Waals surface area contributed by atoms with Gasteiger partial charge >= 0.3 is 5.97 Å². The van der Waals surface area contributed by atoms with Crippen LogP contribution in [0.5, 0.6) is 0 Å². The van der Waals surface area contributed by atoms with Gasteiger partial charge in [0, 0.05) is 6.08 Å². The highest BCUT2D eigenvalue weighted by molar-refractivity contribution is 5.81. The van der Waals surface area contributed by atoms with Gasteiger partial charge in [-0.05, 0) is 13.3 Å². The van der Waals surface area contributed by atoms with E-state index in [0.717, 1.165) is 6.42 Å². The minimum absolute atomic E-state index is 0.247. The van der Waals surface area contributed by atoms with E-state index in [1.165, 1.54) is 70.3 Å². The third kappa shape index (κ3) is 15.6. The van der Waals surface area contributed by atoms with Crippen LogP contribution in [0.1, 0.15) is 84.5 Å². The molecule has 0 rings (SSSR count). The fourth-order valence-electron chi connectivity index (χ4n) is 2.45. The predicted molar refractivity (Wildman–Crippen MR) is 93.0 cm³/mol. The second-order valence-corrected chi connectivity index (χ2v) is 6.02. The van der Waals surface area contributed by atoms with Crippen molar-refractivity contribution in [2.45, 2.75) is 90.6 Å². The van der Waals surface area contributed by atoms with Gasteiger partial charge in [0.1, 0.15) is 6.61 Å². The van der Waals surface area contributed by atoms with Crippen LogP contribution in [0.15, 0.2) is 12.7 Å². The van der Waals surface area contributed by atoms with Crippen molar-refractivity contribution >= 4 is 5.97 Å². The summed E-state index contributed by atoms with van der Waals surface area (Å²) in [5.74, 6) is -0.383. The van der Waals surface area contributed by atoms with Crippen molar-refractivity contribution in [3.63, 3.8) is 0 Å². The molecule has 0 N–H and O–H groups in total. The van der Waals surface area contributed by atoms with Crippen molar-refractivity contribution in [1.82, 2.24) is 0 Å². The van der Waals surface area contributed by atoms with Gasteiger partial charge in [0.15, 0.2) is 0 Å². The summed E-state index contributed by atoms with van der Waals surface area (Å²) in [5, 5.41) is 0. The predicted octanol–water partition coefficient (Wildman–Crippen LogP) is 5.43. The zero-order chi connectivity index (χ0) is 16.5. The lowest BCUT2D eigenvalue weighted by Gasteiger charge is -2.12. The van der Waals surface area contributed by atoms with Gasteiger partial charge in [-0.25, -0.2) is 4.79 Å². The quantitative estimate of drug-likeness (QED) is 0.216. The molecule has 0 spiro atoms. The van der Waals surface area contributed by atoms with Crippen LogP contribution in [0.25, 0.3) is 0 Å². The van der Waals surface area contributed by atoms with Crippen LogP contribution in [0.4, 0.5) is 0 Å². The molecule has 0 bridgehead atoms. The van der Waals surface area contributed by atoms with E-state index in [9.17, 15) is 4.79 Å². The summed E-state index contributed by atoms with van der Waals surface area (Å²) in [6, 6.07) is 0. The monoisotopic (exact) mass is 312 g/mol. The Bertz CT molecular complexity index is 263. The molecule has 0 saturated heterocycles. The average molecular weight is 312 g/mol. The molecule has 0 aliphatic carbocycles. The molecule has 0 radical (unpaired) electrons. The van der Waals surface area contributed by atoms with Crippen LogP contribution < -0.4 is 0 Å². The van der Waals surface area contributed by atoms with E-state index in [0.29, 0.717) is 13.2 Å². The lowest BCUT2D eigenvalue weighted by molar-refractivity contribution is -0.139. The first-order valence-corrected chi connectivity index (χ1v) is 9.11. The molecule has 0 heterocycles. The number of ether oxygens (including phenoxy) is 2. The van der Waals surface area contributed by atoms with Crippen molar-refractivity contribution in [2.75, 3.05) is 13.2 Å². The Hall–Kier alpha value is -0.830. The summed E-state index contributed by atoms with van der Waals surface area (Å²) in [6.07, 6.45) is 16.1. The molecule has 0 aromatic rings. The minimum atomic E-state index is -0.383. The Morgan fingerprint density at radius 1 is 0.955 bits per heavy atom. The highest BCUT2D eigenvalue weighted by Crippen LogP contribution is 2.12. The van der Waals surface area contributed by atoms with Crippen molar-refractivity contribution in [3.05, 3.63) is 12.7 Å². The molecule has 0 aliphatic rings. The first-order valence-electron chi connectivity index (χ1n) is 9.11. The number of rotatable bonds is 16. The molecule has 0 amide bonds. The molecule has 0 saturated carbocycles. The second kappa shape index (κ2) is 16.5. The Kier molecular flexibility index (Phi) is 15.9. The van der Waals surface area contributed by atoms with Crippen LogP contribution in [0, 0.1) is 0 Å². The van der Waals surface area contributed by atoms with Gasteiger partial charge < -0.3 is 9.47 Å². The van der Waals surface area contributed by atoms with Gasteiger partial charge in [0.25, 0.3) is 0 Å². The Morgan fingerprint density at radius 3 is 2.05 bits per heavy atom. The van der Waals surface area contributed by atoms with Crippen LogP contribution >= 0.6 is 0 Å². The summed E-state index contributed by atoms with van der Waals surface area (Å²) < 4.78 is 10.5. The molecule has 0 aromatic carbocycles. The molecule has 22 heavy (non-hydrogen) atoms. The topological polar surface area (TPSA) is 35.5 Å². The molecule has 0 fully saturated rings. The average Bonchev–Trinajstić information content (AvgIpc) is 2.53. The van der Waals surface area contributed by atoms with Gasteiger partial charge in [-0.15, -0.1) is 0 Å². The summed E-state index contributed by atoms with van der Waals surface area (Å²) in [5.41, 5.74) is 0. The molecule has 0 aromatic heterocycles. The number of hydrogen-bond acceptors (Lipinski definition) is 3. The molecule has 0 aliphatic heterocycles. The smallest absolute Gasteiger partial charge is 0.330 e. The van der Waals surface area contributed by atoms with Crippen LogP contribution in [0.3, 0.4) is 0 Å². The van der Waals surface area contributed by atoms with Gasteiger partial charge in [-0.2, -0.15) is 0 Å². The van der Waals surface area contributed by atoms with Crippen molar-refractivity contribution in [3.8, 4) is 0 Å². The lowest BCUT2D eigenvalue weighted by Crippen LogP contribution is -2.14. The lowest BCUT2D eigenvalue weighted by atomic mass is 10.0. The highest BCUT2D eigenvalue weighted by atomic mass is 16.6. The fourth-order valence-corrected chi connectivity index (χ4v) is 2.45. The second-order valence-electron chi connectivity index (χ2n) is 6.02. The molecular formula is C19H36O3. The normalized spacial score (nSPS) is 12.1. The summed E-state index contributed by atoms with van der Waals surface area (Å²) >= 11 is 0. The summed E-state index contributed by atoms with van der Waals surface area (Å²) in [6.45, 7) is 8.48. The van der Waals surface area contributed by atoms with E-state index in [-0.39, 0.29) is 12.1 Å². The first-order chi connectivity index (χ1) is 10.7. The molecule has 3 heteroatoms. The number of esters is 1. The number of hydrogen-bond donors (Lipinski definition) is 0. The standard InChI is InChI=1S/C19H36O3/c1-4-6-7-8-9-10-11-12-13-14-15-18(3)21-16-17-22-19(20)5-2/h5,18H,2,4,6-17H2,1,3H3. The summed E-state index contributed by atoms with van der Waals surface area (Å²) in [7, 11) is 0. The maximum atomic E-state index is 10.8. The van der Waals surface area contributed by atoms with E-state index in [2.05, 4.69) is 20.4 Å². The van der Waals surface area contributed by atoms with Crippen LogP contribution in [0.2, 0.25) is 0 Å². The third-order valence-electron chi connectivity index (χ3n) is 3.86. The Balaban J connectivity index is 3.19. The van der Waals surface area contributed by atoms with Crippen molar-refractivity contribution < 1.29 is 14.3 Å². The Morgan fingerprint density at radius 2 is 1.50 bits per heavy atom. The van der Waals surface area contributed by atoms with Crippen LogP contribution in [-0.2, 0) is 14.3 Å². The van der Waals surface area contributed by atoms with Crippen LogP contribution in [-0.4, -0.2) is 25.3 Å². The SMILES string of the molecule is C=CC(=O)OCCOC(C)CCCCCCCCCCCC. The molecule has 3 nitrogen and oxygen atoms in total. The van der Waals surface area contributed by atoms with Crippen molar-refractivity contribution in [2.24, 2.45) is 0 Å². The number of carbonyl (C=O) groups is 1. The first kappa shape index (κ1) is 21.2. The van der Waals surface area contributed by atoms with Gasteiger partial charge in [-0.3, -0.25) is 0 Å². The molecule has 130 valence electrons. The minimum Gasteiger partial charge on any atom is -0.460 e. The summed E-state index contributed by atoms with van der Waals surface area (Å²) in [4.78, 5) is 10.8. The number of unbranched alkanes of at least 4 members (excludes halogenated alkanes) is 9. The van der Waals surface area contributed by atoms with Gasteiger partial charge in [-0.1, -0.05) is 77.7 Å². The number of carbonyl (C=O) groups excluding carboxylic acids is 1. The van der Waals surface area contributed by atoms with E-state index < -0.39 is 0 Å². The largest absolute Gasteiger partial charge is 0.460 e. The molecular weight excluding hydrogens is 276 g/mol. The molecule has 1 unspecified atom stereocenters. The highest BCUT2D eigenvalue weighted by Gasteiger charge is 2.03.